The van der Waals surface area contributed by atoms with Crippen LogP contribution in [-0.4, -0.2) is 50.8 Å². The van der Waals surface area contributed by atoms with Gasteiger partial charge in [-0.1, -0.05) is 6.07 Å². The average molecular weight is 249 g/mol. The van der Waals surface area contributed by atoms with Gasteiger partial charge in [0.1, 0.15) is 5.75 Å². The topological polar surface area (TPSA) is 36.5 Å². The summed E-state index contributed by atoms with van der Waals surface area (Å²) in [5.74, 6) is 0.898. The largest absolute Gasteiger partial charge is 0.497 e. The van der Waals surface area contributed by atoms with Crippen molar-refractivity contribution in [2.24, 2.45) is 0 Å². The minimum absolute atomic E-state index is 0.554. The number of hydrogen-bond donors (Lipinski definition) is 2. The molecule has 1 atom stereocenters. The SMILES string of the molecule is COc1cccc(NCC(C)N2CCNCC2)c1. The number of ether oxygens (including phenoxy) is 1. The highest BCUT2D eigenvalue weighted by Gasteiger charge is 2.15. The predicted octanol–water partition coefficient (Wildman–Crippen LogP) is 1.40. The van der Waals surface area contributed by atoms with Gasteiger partial charge in [-0.2, -0.15) is 0 Å². The molecular weight excluding hydrogens is 226 g/mol. The van der Waals surface area contributed by atoms with Crippen LogP contribution >= 0.6 is 0 Å². The Hall–Kier alpha value is -1.26. The predicted molar refractivity (Wildman–Crippen MR) is 75.4 cm³/mol. The van der Waals surface area contributed by atoms with Crippen LogP contribution in [0, 0.1) is 0 Å². The molecule has 0 bridgehead atoms. The standard InChI is InChI=1S/C14H23N3O/c1-12(17-8-6-15-7-9-17)11-16-13-4-3-5-14(10-13)18-2/h3-5,10,12,15-16H,6-9,11H2,1-2H3. The summed E-state index contributed by atoms with van der Waals surface area (Å²) in [5.41, 5.74) is 1.12. The van der Waals surface area contributed by atoms with Crippen molar-refractivity contribution in [2.45, 2.75) is 13.0 Å². The van der Waals surface area contributed by atoms with Crippen molar-refractivity contribution < 1.29 is 4.74 Å². The maximum Gasteiger partial charge on any atom is 0.120 e. The molecule has 1 aliphatic rings. The molecule has 1 fully saturated rings. The molecule has 0 spiro atoms. The molecule has 2 N–H and O–H groups in total. The molecule has 1 unspecified atom stereocenters. The number of piperazine rings is 1. The highest BCUT2D eigenvalue weighted by Crippen LogP contribution is 2.16. The van der Waals surface area contributed by atoms with E-state index in [1.807, 2.05) is 18.2 Å². The summed E-state index contributed by atoms with van der Waals surface area (Å²) in [6.45, 7) is 7.72. The Morgan fingerprint density at radius 2 is 2.17 bits per heavy atom. The van der Waals surface area contributed by atoms with E-state index in [0.717, 1.165) is 44.2 Å². The third-order valence-corrected chi connectivity index (χ3v) is 3.45. The van der Waals surface area contributed by atoms with Crippen molar-refractivity contribution in [2.75, 3.05) is 45.2 Å². The molecule has 1 heterocycles. The van der Waals surface area contributed by atoms with Crippen molar-refractivity contribution in [1.29, 1.82) is 0 Å². The van der Waals surface area contributed by atoms with Gasteiger partial charge in [0.25, 0.3) is 0 Å². The molecule has 0 amide bonds. The van der Waals surface area contributed by atoms with E-state index in [1.165, 1.54) is 0 Å². The fraction of sp³-hybridized carbons (Fsp3) is 0.571. The van der Waals surface area contributed by atoms with Gasteiger partial charge in [0.05, 0.1) is 7.11 Å². The molecular formula is C14H23N3O. The highest BCUT2D eigenvalue weighted by atomic mass is 16.5. The van der Waals surface area contributed by atoms with Crippen LogP contribution in [0.25, 0.3) is 0 Å². The Morgan fingerprint density at radius 3 is 2.89 bits per heavy atom. The zero-order valence-electron chi connectivity index (χ0n) is 11.3. The molecule has 0 saturated carbocycles. The Kier molecular flexibility index (Phi) is 4.84. The number of nitrogens with zero attached hydrogens (tertiary/aromatic N) is 1. The molecule has 4 heteroatoms. The smallest absolute Gasteiger partial charge is 0.120 e. The van der Waals surface area contributed by atoms with Gasteiger partial charge in [-0.3, -0.25) is 4.90 Å². The molecule has 0 radical (unpaired) electrons. The van der Waals surface area contributed by atoms with Crippen molar-refractivity contribution in [3.05, 3.63) is 24.3 Å². The van der Waals surface area contributed by atoms with Crippen LogP contribution in [0.2, 0.25) is 0 Å². The Bertz CT molecular complexity index is 364. The van der Waals surface area contributed by atoms with E-state index in [0.29, 0.717) is 6.04 Å². The molecule has 1 aromatic carbocycles. The van der Waals surface area contributed by atoms with Gasteiger partial charge in [-0.25, -0.2) is 0 Å². The van der Waals surface area contributed by atoms with Gasteiger partial charge >= 0.3 is 0 Å². The molecule has 18 heavy (non-hydrogen) atoms. The summed E-state index contributed by atoms with van der Waals surface area (Å²) in [4.78, 5) is 2.52. The lowest BCUT2D eigenvalue weighted by molar-refractivity contribution is 0.191. The van der Waals surface area contributed by atoms with Gasteiger partial charge in [0.2, 0.25) is 0 Å². The molecule has 2 rings (SSSR count). The van der Waals surface area contributed by atoms with Crippen molar-refractivity contribution in [3.63, 3.8) is 0 Å². The lowest BCUT2D eigenvalue weighted by atomic mass is 10.2. The number of methoxy groups -OCH3 is 1. The number of benzene rings is 1. The van der Waals surface area contributed by atoms with E-state index < -0.39 is 0 Å². The first-order valence-corrected chi connectivity index (χ1v) is 6.62. The quantitative estimate of drug-likeness (QED) is 0.827. The molecule has 0 aliphatic carbocycles. The number of hydrogen-bond acceptors (Lipinski definition) is 4. The number of nitrogens with one attached hydrogen (secondary N) is 2. The Labute approximate surface area is 109 Å². The van der Waals surface area contributed by atoms with Crippen LogP contribution in [0.3, 0.4) is 0 Å². The second-order valence-electron chi connectivity index (χ2n) is 4.75. The van der Waals surface area contributed by atoms with Crippen molar-refractivity contribution in [3.8, 4) is 5.75 Å². The number of anilines is 1. The molecule has 1 aromatic rings. The minimum Gasteiger partial charge on any atom is -0.497 e. The van der Waals surface area contributed by atoms with Gasteiger partial charge < -0.3 is 15.4 Å². The van der Waals surface area contributed by atoms with Crippen molar-refractivity contribution in [1.82, 2.24) is 10.2 Å². The molecule has 4 nitrogen and oxygen atoms in total. The molecule has 0 aromatic heterocycles. The monoisotopic (exact) mass is 249 g/mol. The summed E-state index contributed by atoms with van der Waals surface area (Å²) in [6, 6.07) is 8.64. The summed E-state index contributed by atoms with van der Waals surface area (Å²) in [5, 5.41) is 6.85. The van der Waals surface area contributed by atoms with Gasteiger partial charge in [-0.15, -0.1) is 0 Å². The first kappa shape index (κ1) is 13.2. The first-order valence-electron chi connectivity index (χ1n) is 6.62. The second-order valence-corrected chi connectivity index (χ2v) is 4.75. The fourth-order valence-electron chi connectivity index (χ4n) is 2.25. The normalized spacial score (nSPS) is 18.3. The molecule has 1 saturated heterocycles. The minimum atomic E-state index is 0.554. The van der Waals surface area contributed by atoms with E-state index in [9.17, 15) is 0 Å². The first-order chi connectivity index (χ1) is 8.79. The fourth-order valence-corrected chi connectivity index (χ4v) is 2.25. The maximum absolute atomic E-state index is 5.22. The highest BCUT2D eigenvalue weighted by molar-refractivity contribution is 5.48. The lowest BCUT2D eigenvalue weighted by Crippen LogP contribution is -2.49. The van der Waals surface area contributed by atoms with Crippen LogP contribution in [0.5, 0.6) is 5.75 Å². The lowest BCUT2D eigenvalue weighted by Gasteiger charge is -2.33. The second kappa shape index (κ2) is 6.61. The summed E-state index contributed by atoms with van der Waals surface area (Å²) >= 11 is 0. The third kappa shape index (κ3) is 3.62. The van der Waals surface area contributed by atoms with Crippen LogP contribution in [0.1, 0.15) is 6.92 Å². The van der Waals surface area contributed by atoms with E-state index in [-0.39, 0.29) is 0 Å². The summed E-state index contributed by atoms with van der Waals surface area (Å²) in [7, 11) is 1.70. The van der Waals surface area contributed by atoms with Gasteiger partial charge in [0, 0.05) is 50.5 Å². The Morgan fingerprint density at radius 1 is 1.39 bits per heavy atom. The van der Waals surface area contributed by atoms with Gasteiger partial charge in [-0.05, 0) is 19.1 Å². The van der Waals surface area contributed by atoms with Crippen molar-refractivity contribution >= 4 is 5.69 Å². The van der Waals surface area contributed by atoms with Crippen LogP contribution < -0.4 is 15.4 Å². The van der Waals surface area contributed by atoms with Crippen LogP contribution in [-0.2, 0) is 0 Å². The molecule has 1 aliphatic heterocycles. The van der Waals surface area contributed by atoms with Crippen LogP contribution in [0.4, 0.5) is 5.69 Å². The Balaban J connectivity index is 1.82. The van der Waals surface area contributed by atoms with Crippen LogP contribution in [0.15, 0.2) is 24.3 Å². The maximum atomic E-state index is 5.22. The van der Waals surface area contributed by atoms with E-state index in [2.05, 4.69) is 28.5 Å². The molecule has 100 valence electrons. The zero-order chi connectivity index (χ0) is 12.8. The third-order valence-electron chi connectivity index (χ3n) is 3.45. The van der Waals surface area contributed by atoms with E-state index >= 15 is 0 Å². The summed E-state index contributed by atoms with van der Waals surface area (Å²) in [6.07, 6.45) is 0. The summed E-state index contributed by atoms with van der Waals surface area (Å²) < 4.78 is 5.22. The number of rotatable bonds is 5. The average Bonchev–Trinajstić information content (AvgIpc) is 2.46. The van der Waals surface area contributed by atoms with E-state index in [4.69, 9.17) is 4.74 Å². The van der Waals surface area contributed by atoms with E-state index in [1.54, 1.807) is 7.11 Å². The van der Waals surface area contributed by atoms with Gasteiger partial charge in [0.15, 0.2) is 0 Å². The zero-order valence-corrected chi connectivity index (χ0v) is 11.3.